The molecule has 0 spiro atoms. The highest BCUT2D eigenvalue weighted by Gasteiger charge is 2.26. The van der Waals surface area contributed by atoms with Crippen LogP contribution in [0.5, 0.6) is 0 Å². The summed E-state index contributed by atoms with van der Waals surface area (Å²) >= 11 is 0. The molecule has 1 rings (SSSR count). The Kier molecular flexibility index (Phi) is 3.45. The van der Waals surface area contributed by atoms with Crippen LogP contribution in [-0.2, 0) is 0 Å². The molecule has 0 heterocycles. The van der Waals surface area contributed by atoms with Gasteiger partial charge >= 0.3 is 0 Å². The Morgan fingerprint density at radius 2 is 1.79 bits per heavy atom. The normalized spacial score (nSPS) is 11.4. The van der Waals surface area contributed by atoms with Gasteiger partial charge in [0, 0.05) is 11.0 Å². The van der Waals surface area contributed by atoms with E-state index in [0.29, 0.717) is 0 Å². The van der Waals surface area contributed by atoms with Crippen LogP contribution >= 0.6 is 0 Å². The molecule has 1 nitrogen and oxygen atoms in total. The number of Topliss-reactive ketones (excluding diaryl/α,β-unsaturated/α-hetero) is 1. The molecule has 0 aliphatic rings. The molecule has 0 aromatic heterocycles. The molecule has 0 aliphatic carbocycles. The van der Waals surface area contributed by atoms with E-state index >= 15 is 0 Å². The average Bonchev–Trinajstić information content (AvgIpc) is 2.18. The van der Waals surface area contributed by atoms with Crippen molar-refractivity contribution >= 4 is 5.78 Å². The van der Waals surface area contributed by atoms with E-state index in [9.17, 15) is 4.79 Å². The first-order chi connectivity index (χ1) is 6.58. The van der Waals surface area contributed by atoms with E-state index in [1.807, 2.05) is 44.2 Å². The van der Waals surface area contributed by atoms with Gasteiger partial charge in [0.05, 0.1) is 0 Å². The molecule has 1 aromatic carbocycles. The lowest BCUT2D eigenvalue weighted by molar-refractivity contribution is 0.0825. The predicted molar refractivity (Wildman–Crippen MR) is 59.5 cm³/mol. The third-order valence-electron chi connectivity index (χ3n) is 2.53. The number of carbonyl (C=O) groups is 1. The van der Waals surface area contributed by atoms with Crippen LogP contribution in [0.25, 0.3) is 0 Å². The Hall–Kier alpha value is -1.11. The fourth-order valence-electron chi connectivity index (χ4n) is 1.72. The molecule has 0 atom stereocenters. The number of benzene rings is 1. The van der Waals surface area contributed by atoms with Gasteiger partial charge in [-0.05, 0) is 6.42 Å². The summed E-state index contributed by atoms with van der Waals surface area (Å²) in [4.78, 5) is 12.1. The van der Waals surface area contributed by atoms with Crippen molar-refractivity contribution in [2.45, 2.75) is 33.6 Å². The highest BCUT2D eigenvalue weighted by atomic mass is 16.1. The van der Waals surface area contributed by atoms with Gasteiger partial charge in [0.2, 0.25) is 0 Å². The van der Waals surface area contributed by atoms with Crippen molar-refractivity contribution in [1.29, 1.82) is 0 Å². The first-order valence-corrected chi connectivity index (χ1v) is 5.18. The third-order valence-corrected chi connectivity index (χ3v) is 2.53. The number of hydrogen-bond acceptors (Lipinski definition) is 1. The monoisotopic (exact) mass is 190 g/mol. The Balaban J connectivity index is 2.85. The molecule has 0 aliphatic heterocycles. The van der Waals surface area contributed by atoms with Crippen molar-refractivity contribution < 1.29 is 4.79 Å². The quantitative estimate of drug-likeness (QED) is 0.662. The Bertz CT molecular complexity index is 298. The first-order valence-electron chi connectivity index (χ1n) is 5.18. The van der Waals surface area contributed by atoms with Gasteiger partial charge in [0.1, 0.15) is 0 Å². The van der Waals surface area contributed by atoms with Crippen molar-refractivity contribution in [3.63, 3.8) is 0 Å². The molecule has 76 valence electrons. The van der Waals surface area contributed by atoms with E-state index < -0.39 is 0 Å². The van der Waals surface area contributed by atoms with Crippen molar-refractivity contribution in [2.75, 3.05) is 0 Å². The van der Waals surface area contributed by atoms with E-state index in [1.54, 1.807) is 0 Å². The lowest BCUT2D eigenvalue weighted by Gasteiger charge is -2.22. The smallest absolute Gasteiger partial charge is 0.168 e. The van der Waals surface area contributed by atoms with Gasteiger partial charge in [-0.1, -0.05) is 57.5 Å². The molecular weight excluding hydrogens is 172 g/mol. The van der Waals surface area contributed by atoms with E-state index in [-0.39, 0.29) is 11.2 Å². The van der Waals surface area contributed by atoms with Gasteiger partial charge in [0.25, 0.3) is 0 Å². The third kappa shape index (κ3) is 2.44. The minimum Gasteiger partial charge on any atom is -0.294 e. The van der Waals surface area contributed by atoms with Gasteiger partial charge in [-0.25, -0.2) is 0 Å². The molecular formula is C13H18O. The SMILES string of the molecule is CCCC(C)(C)C(=O)c1ccccc1. The van der Waals surface area contributed by atoms with Crippen LogP contribution in [0.3, 0.4) is 0 Å². The summed E-state index contributed by atoms with van der Waals surface area (Å²) in [5.74, 6) is 0.250. The fourth-order valence-corrected chi connectivity index (χ4v) is 1.72. The maximum atomic E-state index is 12.1. The Morgan fingerprint density at radius 3 is 2.29 bits per heavy atom. The minimum absolute atomic E-state index is 0.226. The molecule has 0 radical (unpaired) electrons. The van der Waals surface area contributed by atoms with Crippen molar-refractivity contribution in [3.8, 4) is 0 Å². The summed E-state index contributed by atoms with van der Waals surface area (Å²) in [7, 11) is 0. The van der Waals surface area contributed by atoms with Crippen molar-refractivity contribution in [2.24, 2.45) is 5.41 Å². The molecule has 0 saturated heterocycles. The first kappa shape index (κ1) is 11.0. The lowest BCUT2D eigenvalue weighted by atomic mass is 9.80. The fraction of sp³-hybridized carbons (Fsp3) is 0.462. The second kappa shape index (κ2) is 4.41. The summed E-state index contributed by atoms with van der Waals surface area (Å²) in [5, 5.41) is 0. The highest BCUT2D eigenvalue weighted by Crippen LogP contribution is 2.27. The van der Waals surface area contributed by atoms with Crippen LogP contribution in [0, 0.1) is 5.41 Å². The predicted octanol–water partition coefficient (Wildman–Crippen LogP) is 3.70. The average molecular weight is 190 g/mol. The largest absolute Gasteiger partial charge is 0.294 e. The number of hydrogen-bond donors (Lipinski definition) is 0. The topological polar surface area (TPSA) is 17.1 Å². The van der Waals surface area contributed by atoms with E-state index in [4.69, 9.17) is 0 Å². The van der Waals surface area contributed by atoms with Crippen LogP contribution in [0.1, 0.15) is 44.0 Å². The van der Waals surface area contributed by atoms with Crippen LogP contribution < -0.4 is 0 Å². The second-order valence-electron chi connectivity index (χ2n) is 4.33. The van der Waals surface area contributed by atoms with Crippen molar-refractivity contribution in [3.05, 3.63) is 35.9 Å². The zero-order chi connectivity index (χ0) is 10.6. The minimum atomic E-state index is -0.226. The van der Waals surface area contributed by atoms with Crippen LogP contribution in [0.4, 0.5) is 0 Å². The highest BCUT2D eigenvalue weighted by molar-refractivity contribution is 5.99. The van der Waals surface area contributed by atoms with E-state index in [0.717, 1.165) is 18.4 Å². The molecule has 0 amide bonds. The van der Waals surface area contributed by atoms with Gasteiger partial charge < -0.3 is 0 Å². The number of rotatable bonds is 4. The molecule has 1 heteroatoms. The molecule has 0 fully saturated rings. The summed E-state index contributed by atoms with van der Waals surface area (Å²) in [6.07, 6.45) is 1.99. The lowest BCUT2D eigenvalue weighted by Crippen LogP contribution is -2.23. The molecule has 0 unspecified atom stereocenters. The molecule has 0 bridgehead atoms. The van der Waals surface area contributed by atoms with Gasteiger partial charge in [0.15, 0.2) is 5.78 Å². The summed E-state index contributed by atoms with van der Waals surface area (Å²) in [6.45, 7) is 6.15. The zero-order valence-corrected chi connectivity index (χ0v) is 9.21. The molecule has 14 heavy (non-hydrogen) atoms. The second-order valence-corrected chi connectivity index (χ2v) is 4.33. The van der Waals surface area contributed by atoms with Crippen LogP contribution in [0.2, 0.25) is 0 Å². The summed E-state index contributed by atoms with van der Waals surface area (Å²) < 4.78 is 0. The maximum Gasteiger partial charge on any atom is 0.168 e. The molecule has 0 N–H and O–H groups in total. The standard InChI is InChI=1S/C13H18O/c1-4-10-13(2,3)12(14)11-8-6-5-7-9-11/h5-9H,4,10H2,1-3H3. The van der Waals surface area contributed by atoms with Gasteiger partial charge in [-0.3, -0.25) is 4.79 Å². The zero-order valence-electron chi connectivity index (χ0n) is 9.21. The number of ketones is 1. The van der Waals surface area contributed by atoms with E-state index in [1.165, 1.54) is 0 Å². The van der Waals surface area contributed by atoms with Gasteiger partial charge in [-0.2, -0.15) is 0 Å². The van der Waals surface area contributed by atoms with E-state index in [2.05, 4.69) is 6.92 Å². The van der Waals surface area contributed by atoms with Crippen LogP contribution in [0.15, 0.2) is 30.3 Å². The van der Waals surface area contributed by atoms with Crippen molar-refractivity contribution in [1.82, 2.24) is 0 Å². The Morgan fingerprint density at radius 1 is 1.21 bits per heavy atom. The molecule has 0 saturated carbocycles. The molecule has 1 aromatic rings. The summed E-state index contributed by atoms with van der Waals surface area (Å²) in [6, 6.07) is 9.54. The van der Waals surface area contributed by atoms with Gasteiger partial charge in [-0.15, -0.1) is 0 Å². The van der Waals surface area contributed by atoms with Crippen LogP contribution in [-0.4, -0.2) is 5.78 Å². The summed E-state index contributed by atoms with van der Waals surface area (Å²) in [5.41, 5.74) is 0.599. The number of carbonyl (C=O) groups excluding carboxylic acids is 1. The maximum absolute atomic E-state index is 12.1. The Labute approximate surface area is 86.1 Å².